The van der Waals surface area contributed by atoms with Crippen LogP contribution in [-0.4, -0.2) is 33.7 Å². The quantitative estimate of drug-likeness (QED) is 0.797. The number of anilines is 1. The van der Waals surface area contributed by atoms with Crippen molar-refractivity contribution in [1.29, 1.82) is 0 Å². The van der Waals surface area contributed by atoms with Crippen molar-refractivity contribution in [2.45, 2.75) is 11.1 Å². The van der Waals surface area contributed by atoms with Crippen molar-refractivity contribution >= 4 is 37.5 Å². The zero-order valence-corrected chi connectivity index (χ0v) is 12.7. The second-order valence-electron chi connectivity index (χ2n) is 3.85. The lowest BCUT2D eigenvalue weighted by molar-refractivity contribution is -0.174. The van der Waals surface area contributed by atoms with E-state index in [0.717, 1.165) is 6.07 Å². The molecule has 0 aliphatic rings. The molecule has 1 amide bonds. The molecule has 1 rings (SSSR count). The molecule has 0 saturated heterocycles. The van der Waals surface area contributed by atoms with Gasteiger partial charge in [0.2, 0.25) is 15.9 Å². The van der Waals surface area contributed by atoms with Crippen molar-refractivity contribution in [2.75, 3.05) is 18.5 Å². The first kappa shape index (κ1) is 17.9. The summed E-state index contributed by atoms with van der Waals surface area (Å²) in [6, 6.07) is 3.64. The van der Waals surface area contributed by atoms with E-state index in [1.165, 1.54) is 12.1 Å². The minimum atomic E-state index is -4.51. The summed E-state index contributed by atoms with van der Waals surface area (Å²) < 4.78 is 62.0. The number of rotatable bonds is 5. The first-order valence-corrected chi connectivity index (χ1v) is 7.60. The molecule has 3 N–H and O–H groups in total. The standard InChI is InChI=1S/C10H10BrF3N2O4S/c11-7-3-6(1-2-8(7)21(15,18)19)16-9(17)4-20-5-10(12,13)14/h1-3H,4-5H2,(H,16,17)(H2,15,18,19). The number of hydrogen-bond acceptors (Lipinski definition) is 4. The normalized spacial score (nSPS) is 12.2. The van der Waals surface area contributed by atoms with Gasteiger partial charge in [0.1, 0.15) is 13.2 Å². The van der Waals surface area contributed by atoms with Gasteiger partial charge in [0.15, 0.2) is 0 Å². The summed E-state index contributed by atoms with van der Waals surface area (Å²) in [5, 5.41) is 7.19. The average Bonchev–Trinajstić information content (AvgIpc) is 2.24. The predicted octanol–water partition coefficient (Wildman–Crippen LogP) is 1.61. The van der Waals surface area contributed by atoms with Crippen molar-refractivity contribution in [1.82, 2.24) is 0 Å². The van der Waals surface area contributed by atoms with E-state index in [0.29, 0.717) is 0 Å². The number of sulfonamides is 1. The number of amides is 1. The van der Waals surface area contributed by atoms with Gasteiger partial charge < -0.3 is 10.1 Å². The van der Waals surface area contributed by atoms with Crippen LogP contribution in [0, 0.1) is 0 Å². The van der Waals surface area contributed by atoms with Gasteiger partial charge in [-0.25, -0.2) is 13.6 Å². The van der Waals surface area contributed by atoms with Crippen LogP contribution in [0.3, 0.4) is 0 Å². The number of primary sulfonamides is 1. The van der Waals surface area contributed by atoms with E-state index in [4.69, 9.17) is 5.14 Å². The maximum Gasteiger partial charge on any atom is 0.411 e. The van der Waals surface area contributed by atoms with Crippen LogP contribution in [0.5, 0.6) is 0 Å². The van der Waals surface area contributed by atoms with E-state index in [1.54, 1.807) is 0 Å². The van der Waals surface area contributed by atoms with E-state index in [1.807, 2.05) is 0 Å². The second-order valence-corrected chi connectivity index (χ2v) is 6.23. The number of hydrogen-bond donors (Lipinski definition) is 2. The van der Waals surface area contributed by atoms with E-state index in [2.05, 4.69) is 26.0 Å². The molecule has 118 valence electrons. The number of ether oxygens (including phenoxy) is 1. The van der Waals surface area contributed by atoms with Crippen LogP contribution in [0.2, 0.25) is 0 Å². The third-order valence-electron chi connectivity index (χ3n) is 2.02. The van der Waals surface area contributed by atoms with Crippen LogP contribution in [-0.2, 0) is 19.6 Å². The Kier molecular flexibility index (Phi) is 5.73. The van der Waals surface area contributed by atoms with E-state index in [9.17, 15) is 26.4 Å². The Morgan fingerprint density at radius 1 is 1.38 bits per heavy atom. The minimum Gasteiger partial charge on any atom is -0.362 e. The van der Waals surface area contributed by atoms with Crippen LogP contribution in [0.1, 0.15) is 0 Å². The maximum absolute atomic E-state index is 11.8. The third kappa shape index (κ3) is 6.42. The lowest BCUT2D eigenvalue weighted by Gasteiger charge is -2.09. The number of nitrogens with one attached hydrogen (secondary N) is 1. The van der Waals surface area contributed by atoms with E-state index >= 15 is 0 Å². The van der Waals surface area contributed by atoms with Crippen molar-refractivity contribution in [3.05, 3.63) is 22.7 Å². The highest BCUT2D eigenvalue weighted by molar-refractivity contribution is 9.10. The molecule has 0 aromatic heterocycles. The summed E-state index contributed by atoms with van der Waals surface area (Å²) in [7, 11) is -3.92. The van der Waals surface area contributed by atoms with Gasteiger partial charge in [-0.1, -0.05) is 0 Å². The van der Waals surface area contributed by atoms with Crippen molar-refractivity contribution < 1.29 is 31.1 Å². The monoisotopic (exact) mass is 390 g/mol. The van der Waals surface area contributed by atoms with Gasteiger partial charge in [0.25, 0.3) is 0 Å². The summed E-state index contributed by atoms with van der Waals surface area (Å²) >= 11 is 2.96. The van der Waals surface area contributed by atoms with Crippen LogP contribution in [0.15, 0.2) is 27.6 Å². The SMILES string of the molecule is NS(=O)(=O)c1ccc(NC(=O)COCC(F)(F)F)cc1Br. The highest BCUT2D eigenvalue weighted by Gasteiger charge is 2.27. The van der Waals surface area contributed by atoms with E-state index in [-0.39, 0.29) is 15.1 Å². The summed E-state index contributed by atoms with van der Waals surface area (Å²) in [5.41, 5.74) is 0.176. The fourth-order valence-corrected chi connectivity index (χ4v) is 2.91. The van der Waals surface area contributed by atoms with Crippen LogP contribution in [0.4, 0.5) is 18.9 Å². The summed E-state index contributed by atoms with van der Waals surface area (Å²) in [5.74, 6) is -0.811. The fourth-order valence-electron chi connectivity index (χ4n) is 1.27. The van der Waals surface area contributed by atoms with Crippen molar-refractivity contribution in [3.8, 4) is 0 Å². The fraction of sp³-hybridized carbons (Fsp3) is 0.300. The number of carbonyl (C=O) groups excluding carboxylic acids is 1. The van der Waals surface area contributed by atoms with Crippen LogP contribution < -0.4 is 10.5 Å². The lowest BCUT2D eigenvalue weighted by atomic mass is 10.3. The Balaban J connectivity index is 2.64. The zero-order valence-electron chi connectivity index (χ0n) is 10.3. The first-order chi connectivity index (χ1) is 9.49. The maximum atomic E-state index is 11.8. The molecule has 1 aromatic rings. The molecule has 21 heavy (non-hydrogen) atoms. The van der Waals surface area contributed by atoms with E-state index < -0.39 is 35.3 Å². The predicted molar refractivity (Wildman–Crippen MR) is 71.0 cm³/mol. The Morgan fingerprint density at radius 3 is 2.48 bits per heavy atom. The van der Waals surface area contributed by atoms with Gasteiger partial charge in [-0.15, -0.1) is 0 Å². The molecule has 1 aromatic carbocycles. The zero-order chi connectivity index (χ0) is 16.3. The van der Waals surface area contributed by atoms with Gasteiger partial charge in [0, 0.05) is 10.2 Å². The van der Waals surface area contributed by atoms with Gasteiger partial charge >= 0.3 is 6.18 Å². The number of benzene rings is 1. The summed E-state index contributed by atoms with van der Waals surface area (Å²) in [6.45, 7) is -2.32. The third-order valence-corrected chi connectivity index (χ3v) is 3.91. The van der Waals surface area contributed by atoms with Gasteiger partial charge in [-0.3, -0.25) is 4.79 Å². The van der Waals surface area contributed by atoms with Crippen LogP contribution in [0.25, 0.3) is 0 Å². The molecule has 0 heterocycles. The van der Waals surface area contributed by atoms with Crippen molar-refractivity contribution in [3.63, 3.8) is 0 Å². The molecular weight excluding hydrogens is 381 g/mol. The molecule has 0 radical (unpaired) electrons. The molecule has 0 unspecified atom stereocenters. The molecule has 0 saturated carbocycles. The Labute approximate surface area is 126 Å². The molecule has 6 nitrogen and oxygen atoms in total. The van der Waals surface area contributed by atoms with Gasteiger partial charge in [-0.05, 0) is 34.1 Å². The molecule has 0 fully saturated rings. The molecule has 0 bridgehead atoms. The lowest BCUT2D eigenvalue weighted by Crippen LogP contribution is -2.24. The molecule has 0 spiro atoms. The number of carbonyl (C=O) groups is 1. The minimum absolute atomic E-state index is 0.110. The average molecular weight is 391 g/mol. The Hall–Kier alpha value is -1.17. The Morgan fingerprint density at radius 2 is 2.00 bits per heavy atom. The van der Waals surface area contributed by atoms with Crippen molar-refractivity contribution in [2.24, 2.45) is 5.14 Å². The molecule has 0 aliphatic heterocycles. The van der Waals surface area contributed by atoms with Gasteiger partial charge in [0.05, 0.1) is 4.90 Å². The molecular formula is C10H10BrF3N2O4S. The first-order valence-electron chi connectivity index (χ1n) is 5.26. The molecule has 0 aliphatic carbocycles. The smallest absolute Gasteiger partial charge is 0.362 e. The largest absolute Gasteiger partial charge is 0.411 e. The topological polar surface area (TPSA) is 98.5 Å². The number of alkyl halides is 3. The summed E-state index contributed by atoms with van der Waals surface area (Å²) in [6.07, 6.45) is -4.51. The molecule has 0 atom stereocenters. The summed E-state index contributed by atoms with van der Waals surface area (Å²) in [4.78, 5) is 11.1. The van der Waals surface area contributed by atoms with Gasteiger partial charge in [-0.2, -0.15) is 13.2 Å². The highest BCUT2D eigenvalue weighted by atomic mass is 79.9. The second kappa shape index (κ2) is 6.73. The number of halogens is 4. The Bertz CT molecular complexity index is 634. The van der Waals surface area contributed by atoms with Crippen LogP contribution >= 0.6 is 15.9 Å². The highest BCUT2D eigenvalue weighted by Crippen LogP contribution is 2.24. The number of nitrogens with two attached hydrogens (primary N) is 1. The molecule has 11 heteroatoms.